The normalized spacial score (nSPS) is 11.8. The summed E-state index contributed by atoms with van der Waals surface area (Å²) in [5.74, 6) is -0.254. The molecular weight excluding hydrogens is 443 g/mol. The Kier molecular flexibility index (Phi) is 4.99. The monoisotopic (exact) mass is 454 g/mol. The van der Waals surface area contributed by atoms with Gasteiger partial charge in [0.25, 0.3) is 5.91 Å². The minimum Gasteiger partial charge on any atom is -0.311 e. The Morgan fingerprint density at radius 1 is 1.30 bits per heavy atom. The lowest BCUT2D eigenvalue weighted by Gasteiger charge is -2.03. The molecule has 0 aliphatic heterocycles. The maximum atomic E-state index is 12.5. The molecule has 0 saturated carbocycles. The van der Waals surface area contributed by atoms with Crippen molar-refractivity contribution in [2.75, 3.05) is 0 Å². The van der Waals surface area contributed by atoms with Crippen molar-refractivity contribution < 1.29 is 4.79 Å². The van der Waals surface area contributed by atoms with Crippen molar-refractivity contribution in [2.45, 2.75) is 6.54 Å². The van der Waals surface area contributed by atoms with Crippen LogP contribution in [0.4, 0.5) is 0 Å². The minimum absolute atomic E-state index is 0.254. The SMILES string of the molecule is C=CCn1c(=NC(=O)c2ccccc2I)sc2cccc(Cl)c21. The fraction of sp³-hybridized carbons (Fsp3) is 0.0588. The number of allylic oxidation sites excluding steroid dienone is 1. The fourth-order valence-electron chi connectivity index (χ4n) is 2.25. The quantitative estimate of drug-likeness (QED) is 0.410. The molecule has 0 aliphatic rings. The molecule has 3 aromatic rings. The number of nitrogens with zero attached hydrogens (tertiary/aromatic N) is 2. The number of carbonyl (C=O) groups is 1. The van der Waals surface area contributed by atoms with Gasteiger partial charge in [0.05, 0.1) is 20.8 Å². The van der Waals surface area contributed by atoms with Crippen LogP contribution in [0.5, 0.6) is 0 Å². The average Bonchev–Trinajstić information content (AvgIpc) is 2.87. The fourth-order valence-corrected chi connectivity index (χ4v) is 4.27. The molecule has 0 aliphatic carbocycles. The summed E-state index contributed by atoms with van der Waals surface area (Å²) in [5, 5.41) is 0.642. The zero-order valence-corrected chi connectivity index (χ0v) is 15.7. The van der Waals surface area contributed by atoms with Crippen molar-refractivity contribution in [3.8, 4) is 0 Å². The molecule has 0 bridgehead atoms. The third kappa shape index (κ3) is 3.27. The molecule has 2 aromatic carbocycles. The van der Waals surface area contributed by atoms with Gasteiger partial charge in [0.2, 0.25) is 0 Å². The number of aromatic nitrogens is 1. The lowest BCUT2D eigenvalue weighted by atomic mass is 10.2. The van der Waals surface area contributed by atoms with Gasteiger partial charge in [-0.15, -0.1) is 6.58 Å². The molecule has 3 nitrogen and oxygen atoms in total. The van der Waals surface area contributed by atoms with Crippen LogP contribution in [0.2, 0.25) is 5.02 Å². The summed E-state index contributed by atoms with van der Waals surface area (Å²) in [4.78, 5) is 17.5. The van der Waals surface area contributed by atoms with Gasteiger partial charge in [0, 0.05) is 10.1 Å². The lowest BCUT2D eigenvalue weighted by Crippen LogP contribution is -2.16. The number of amides is 1. The van der Waals surface area contributed by atoms with Gasteiger partial charge in [0.15, 0.2) is 4.80 Å². The highest BCUT2D eigenvalue weighted by Crippen LogP contribution is 2.25. The number of halogens is 2. The van der Waals surface area contributed by atoms with Crippen LogP contribution < -0.4 is 4.80 Å². The van der Waals surface area contributed by atoms with Gasteiger partial charge in [-0.1, -0.05) is 47.2 Å². The first-order valence-corrected chi connectivity index (χ1v) is 9.11. The summed E-state index contributed by atoms with van der Waals surface area (Å²) in [6.07, 6.45) is 1.77. The van der Waals surface area contributed by atoms with Gasteiger partial charge in [-0.3, -0.25) is 4.79 Å². The molecule has 6 heteroatoms. The van der Waals surface area contributed by atoms with E-state index in [1.54, 1.807) is 12.1 Å². The molecule has 1 aromatic heterocycles. The van der Waals surface area contributed by atoms with Crippen LogP contribution in [0, 0.1) is 3.57 Å². The Bertz CT molecular complexity index is 974. The highest BCUT2D eigenvalue weighted by Gasteiger charge is 2.12. The second kappa shape index (κ2) is 6.98. The molecule has 1 heterocycles. The average molecular weight is 455 g/mol. The van der Waals surface area contributed by atoms with Gasteiger partial charge >= 0.3 is 0 Å². The lowest BCUT2D eigenvalue weighted by molar-refractivity contribution is 0.0997. The van der Waals surface area contributed by atoms with Crippen LogP contribution in [-0.2, 0) is 6.54 Å². The van der Waals surface area contributed by atoms with Gasteiger partial charge in [-0.05, 0) is 46.9 Å². The second-order valence-electron chi connectivity index (χ2n) is 4.77. The summed E-state index contributed by atoms with van der Waals surface area (Å²) < 4.78 is 3.80. The van der Waals surface area contributed by atoms with Crippen LogP contribution in [-0.4, -0.2) is 10.5 Å². The van der Waals surface area contributed by atoms with Gasteiger partial charge in [-0.25, -0.2) is 0 Å². The molecule has 0 fully saturated rings. The van der Waals surface area contributed by atoms with E-state index in [9.17, 15) is 4.79 Å². The number of hydrogen-bond donors (Lipinski definition) is 0. The highest BCUT2D eigenvalue weighted by atomic mass is 127. The number of fused-ring (bicyclic) bond motifs is 1. The minimum atomic E-state index is -0.254. The highest BCUT2D eigenvalue weighted by molar-refractivity contribution is 14.1. The Morgan fingerprint density at radius 3 is 2.83 bits per heavy atom. The molecule has 0 unspecified atom stereocenters. The van der Waals surface area contributed by atoms with Gasteiger partial charge < -0.3 is 4.57 Å². The first-order chi connectivity index (χ1) is 11.1. The topological polar surface area (TPSA) is 34.4 Å². The molecular formula is C17H12ClIN2OS. The van der Waals surface area contributed by atoms with Gasteiger partial charge in [0.1, 0.15) is 0 Å². The summed E-state index contributed by atoms with van der Waals surface area (Å²) in [7, 11) is 0. The van der Waals surface area contributed by atoms with Crippen molar-refractivity contribution in [1.82, 2.24) is 4.57 Å². The number of para-hydroxylation sites is 1. The van der Waals surface area contributed by atoms with E-state index >= 15 is 0 Å². The summed E-state index contributed by atoms with van der Waals surface area (Å²) >= 11 is 9.90. The largest absolute Gasteiger partial charge is 0.311 e. The summed E-state index contributed by atoms with van der Waals surface area (Å²) in [6.45, 7) is 4.32. The standard InChI is InChI=1S/C17H12ClIN2OS/c1-2-10-21-15-12(18)7-5-9-14(15)23-17(21)20-16(22)11-6-3-4-8-13(11)19/h2-9H,1,10H2. The van der Waals surface area contributed by atoms with Crippen LogP contribution in [0.3, 0.4) is 0 Å². The van der Waals surface area contributed by atoms with Gasteiger partial charge in [-0.2, -0.15) is 4.99 Å². The summed E-state index contributed by atoms with van der Waals surface area (Å²) in [6, 6.07) is 13.1. The molecule has 0 saturated heterocycles. The Morgan fingerprint density at radius 2 is 2.09 bits per heavy atom. The maximum absolute atomic E-state index is 12.5. The molecule has 0 atom stereocenters. The number of benzene rings is 2. The number of thiazole rings is 1. The molecule has 0 N–H and O–H groups in total. The number of hydrogen-bond acceptors (Lipinski definition) is 2. The van der Waals surface area contributed by atoms with E-state index in [0.29, 0.717) is 21.9 Å². The van der Waals surface area contributed by atoms with Crippen LogP contribution in [0.1, 0.15) is 10.4 Å². The predicted molar refractivity (Wildman–Crippen MR) is 104 cm³/mol. The Labute approximate surface area is 156 Å². The zero-order chi connectivity index (χ0) is 16.4. The van der Waals surface area contributed by atoms with E-state index in [-0.39, 0.29) is 5.91 Å². The first kappa shape index (κ1) is 16.4. The van der Waals surface area contributed by atoms with E-state index in [2.05, 4.69) is 34.2 Å². The smallest absolute Gasteiger partial charge is 0.280 e. The molecule has 116 valence electrons. The first-order valence-electron chi connectivity index (χ1n) is 6.84. The Balaban J connectivity index is 2.21. The van der Waals surface area contributed by atoms with Crippen LogP contribution >= 0.6 is 45.5 Å². The van der Waals surface area contributed by atoms with E-state index in [1.165, 1.54) is 11.3 Å². The molecule has 1 amide bonds. The predicted octanol–water partition coefficient (Wildman–Crippen LogP) is 4.89. The third-order valence-electron chi connectivity index (χ3n) is 3.26. The van der Waals surface area contributed by atoms with Crippen molar-refractivity contribution in [3.63, 3.8) is 0 Å². The van der Waals surface area contributed by atoms with E-state index in [4.69, 9.17) is 11.6 Å². The Hall–Kier alpha value is -1.44. The third-order valence-corrected chi connectivity index (χ3v) is 5.55. The van der Waals surface area contributed by atoms with E-state index in [0.717, 1.165) is 13.8 Å². The van der Waals surface area contributed by atoms with Crippen molar-refractivity contribution in [1.29, 1.82) is 0 Å². The zero-order valence-electron chi connectivity index (χ0n) is 12.0. The number of rotatable bonds is 3. The maximum Gasteiger partial charge on any atom is 0.280 e. The molecule has 0 radical (unpaired) electrons. The molecule has 3 rings (SSSR count). The van der Waals surface area contributed by atoms with Crippen molar-refractivity contribution in [3.05, 3.63) is 74.1 Å². The van der Waals surface area contributed by atoms with Crippen molar-refractivity contribution >= 4 is 61.7 Å². The second-order valence-corrected chi connectivity index (χ2v) is 7.35. The van der Waals surface area contributed by atoms with E-state index < -0.39 is 0 Å². The van der Waals surface area contributed by atoms with Crippen LogP contribution in [0.25, 0.3) is 10.2 Å². The van der Waals surface area contributed by atoms with E-state index in [1.807, 2.05) is 41.0 Å². The number of carbonyl (C=O) groups excluding carboxylic acids is 1. The van der Waals surface area contributed by atoms with Crippen molar-refractivity contribution in [2.24, 2.45) is 4.99 Å². The molecule has 23 heavy (non-hydrogen) atoms. The van der Waals surface area contributed by atoms with Crippen LogP contribution in [0.15, 0.2) is 60.1 Å². The summed E-state index contributed by atoms with van der Waals surface area (Å²) in [5.41, 5.74) is 1.48. The molecule has 0 spiro atoms.